The summed E-state index contributed by atoms with van der Waals surface area (Å²) in [5, 5.41) is 0. The quantitative estimate of drug-likeness (QED) is 0.784. The first-order chi connectivity index (χ1) is 9.11. The number of hydrogen-bond acceptors (Lipinski definition) is 5. The van der Waals surface area contributed by atoms with E-state index >= 15 is 0 Å². The number of nitrogens with zero attached hydrogens (tertiary/aromatic N) is 2. The number of aromatic nitrogens is 1. The molecule has 5 heteroatoms. The van der Waals surface area contributed by atoms with Crippen molar-refractivity contribution in [2.24, 2.45) is 11.8 Å². The van der Waals surface area contributed by atoms with Gasteiger partial charge in [0.1, 0.15) is 0 Å². The number of carbonyl (C=O) groups excluding carboxylic acids is 1. The van der Waals surface area contributed by atoms with Gasteiger partial charge in [-0.15, -0.1) is 0 Å². The average Bonchev–Trinajstić information content (AvgIpc) is 2.89. The summed E-state index contributed by atoms with van der Waals surface area (Å²) in [6.45, 7) is 8.52. The van der Waals surface area contributed by atoms with E-state index in [1.54, 1.807) is 6.92 Å². The van der Waals surface area contributed by atoms with Crippen LogP contribution in [-0.4, -0.2) is 30.6 Å². The number of hydrogen-bond donors (Lipinski definition) is 0. The Balaban J connectivity index is 1.95. The molecule has 0 unspecified atom stereocenters. The van der Waals surface area contributed by atoms with Crippen LogP contribution in [0.5, 0.6) is 0 Å². The SMILES string of the molecule is CCOC(=O)c1cnc(N2CCC(C(C)C)CC2)o1. The lowest BCUT2D eigenvalue weighted by Gasteiger charge is -2.32. The highest BCUT2D eigenvalue weighted by molar-refractivity contribution is 5.86. The van der Waals surface area contributed by atoms with Crippen molar-refractivity contribution < 1.29 is 13.9 Å². The van der Waals surface area contributed by atoms with Crippen LogP contribution in [0.1, 0.15) is 44.2 Å². The summed E-state index contributed by atoms with van der Waals surface area (Å²) in [7, 11) is 0. The van der Waals surface area contributed by atoms with Crippen LogP contribution in [0, 0.1) is 11.8 Å². The normalized spacial score (nSPS) is 16.9. The molecule has 1 aliphatic rings. The van der Waals surface area contributed by atoms with Crippen LogP contribution in [0.3, 0.4) is 0 Å². The second-order valence-electron chi connectivity index (χ2n) is 5.30. The molecule has 0 saturated carbocycles. The Bertz CT molecular complexity index is 420. The molecule has 0 spiro atoms. The first-order valence-electron chi connectivity index (χ1n) is 6.99. The fourth-order valence-corrected chi connectivity index (χ4v) is 2.47. The predicted molar refractivity (Wildman–Crippen MR) is 72.2 cm³/mol. The number of rotatable bonds is 4. The number of oxazole rings is 1. The Labute approximate surface area is 113 Å². The standard InChI is InChI=1S/C14H22N2O3/c1-4-18-13(17)12-9-15-14(19-12)16-7-5-11(6-8-16)10(2)3/h9-11H,4-8H2,1-3H3. The van der Waals surface area contributed by atoms with Gasteiger partial charge in [0.05, 0.1) is 12.8 Å². The van der Waals surface area contributed by atoms with Gasteiger partial charge in [-0.25, -0.2) is 9.78 Å². The van der Waals surface area contributed by atoms with Gasteiger partial charge in [0.2, 0.25) is 5.76 Å². The van der Waals surface area contributed by atoms with Crippen LogP contribution >= 0.6 is 0 Å². The van der Waals surface area contributed by atoms with E-state index in [4.69, 9.17) is 9.15 Å². The lowest BCUT2D eigenvalue weighted by Crippen LogP contribution is -2.35. The van der Waals surface area contributed by atoms with Gasteiger partial charge in [0.15, 0.2) is 0 Å². The Kier molecular flexibility index (Phi) is 4.45. The van der Waals surface area contributed by atoms with Crippen molar-refractivity contribution in [3.05, 3.63) is 12.0 Å². The molecule has 106 valence electrons. The van der Waals surface area contributed by atoms with Crippen molar-refractivity contribution in [2.75, 3.05) is 24.6 Å². The number of esters is 1. The van der Waals surface area contributed by atoms with E-state index in [2.05, 4.69) is 23.7 Å². The van der Waals surface area contributed by atoms with Gasteiger partial charge in [-0.05, 0) is 31.6 Å². The molecule has 0 bridgehead atoms. The number of piperidine rings is 1. The van der Waals surface area contributed by atoms with E-state index in [0.29, 0.717) is 12.6 Å². The predicted octanol–water partition coefficient (Wildman–Crippen LogP) is 2.72. The number of ether oxygens (including phenoxy) is 1. The Hall–Kier alpha value is -1.52. The van der Waals surface area contributed by atoms with E-state index in [9.17, 15) is 4.79 Å². The van der Waals surface area contributed by atoms with Gasteiger partial charge in [0.25, 0.3) is 6.01 Å². The van der Waals surface area contributed by atoms with Crippen molar-refractivity contribution in [3.63, 3.8) is 0 Å². The van der Waals surface area contributed by atoms with Crippen molar-refractivity contribution in [1.82, 2.24) is 4.98 Å². The largest absolute Gasteiger partial charge is 0.460 e. The smallest absolute Gasteiger partial charge is 0.376 e. The van der Waals surface area contributed by atoms with Gasteiger partial charge in [-0.2, -0.15) is 0 Å². The zero-order valence-corrected chi connectivity index (χ0v) is 11.9. The minimum atomic E-state index is -0.446. The molecule has 19 heavy (non-hydrogen) atoms. The van der Waals surface area contributed by atoms with Crippen LogP contribution in [0.15, 0.2) is 10.6 Å². The van der Waals surface area contributed by atoms with E-state index < -0.39 is 5.97 Å². The van der Waals surface area contributed by atoms with Gasteiger partial charge in [0, 0.05) is 13.1 Å². The summed E-state index contributed by atoms with van der Waals surface area (Å²) >= 11 is 0. The second-order valence-corrected chi connectivity index (χ2v) is 5.30. The molecule has 5 nitrogen and oxygen atoms in total. The van der Waals surface area contributed by atoms with E-state index in [1.165, 1.54) is 6.20 Å². The van der Waals surface area contributed by atoms with Crippen molar-refractivity contribution >= 4 is 12.0 Å². The van der Waals surface area contributed by atoms with E-state index in [-0.39, 0.29) is 5.76 Å². The molecule has 0 radical (unpaired) electrons. The van der Waals surface area contributed by atoms with Gasteiger partial charge >= 0.3 is 5.97 Å². The highest BCUT2D eigenvalue weighted by Gasteiger charge is 2.25. The molecule has 0 N–H and O–H groups in total. The maximum atomic E-state index is 11.5. The molecule has 0 aromatic carbocycles. The van der Waals surface area contributed by atoms with Gasteiger partial charge in [-0.3, -0.25) is 0 Å². The first kappa shape index (κ1) is 13.9. The average molecular weight is 266 g/mol. The molecule has 1 fully saturated rings. The Morgan fingerprint density at radius 2 is 2.21 bits per heavy atom. The molecular weight excluding hydrogens is 244 g/mol. The lowest BCUT2D eigenvalue weighted by molar-refractivity contribution is 0.0490. The van der Waals surface area contributed by atoms with Crippen molar-refractivity contribution in [1.29, 1.82) is 0 Å². The minimum Gasteiger partial charge on any atom is -0.460 e. The lowest BCUT2D eigenvalue weighted by atomic mass is 9.87. The van der Waals surface area contributed by atoms with Crippen molar-refractivity contribution in [3.8, 4) is 0 Å². The topological polar surface area (TPSA) is 55.6 Å². The molecule has 2 heterocycles. The number of anilines is 1. The summed E-state index contributed by atoms with van der Waals surface area (Å²) in [6, 6.07) is 0.533. The van der Waals surface area contributed by atoms with E-state index in [0.717, 1.165) is 37.8 Å². The van der Waals surface area contributed by atoms with Crippen LogP contribution in [0.2, 0.25) is 0 Å². The Morgan fingerprint density at radius 3 is 2.79 bits per heavy atom. The second kappa shape index (κ2) is 6.08. The Morgan fingerprint density at radius 1 is 1.53 bits per heavy atom. The molecule has 1 aromatic heterocycles. The van der Waals surface area contributed by atoms with Crippen LogP contribution in [-0.2, 0) is 4.74 Å². The van der Waals surface area contributed by atoms with Gasteiger partial charge < -0.3 is 14.1 Å². The maximum absolute atomic E-state index is 11.5. The zero-order valence-electron chi connectivity index (χ0n) is 11.9. The summed E-state index contributed by atoms with van der Waals surface area (Å²) in [5.41, 5.74) is 0. The van der Waals surface area contributed by atoms with E-state index in [1.807, 2.05) is 0 Å². The third kappa shape index (κ3) is 3.28. The van der Waals surface area contributed by atoms with Gasteiger partial charge in [-0.1, -0.05) is 13.8 Å². The summed E-state index contributed by atoms with van der Waals surface area (Å²) in [5.74, 6) is 1.23. The molecule has 0 aliphatic carbocycles. The molecular formula is C14H22N2O3. The fourth-order valence-electron chi connectivity index (χ4n) is 2.47. The fraction of sp³-hybridized carbons (Fsp3) is 0.714. The van der Waals surface area contributed by atoms with Crippen LogP contribution in [0.4, 0.5) is 6.01 Å². The monoisotopic (exact) mass is 266 g/mol. The number of carbonyl (C=O) groups is 1. The third-order valence-corrected chi connectivity index (χ3v) is 3.72. The molecule has 1 saturated heterocycles. The van der Waals surface area contributed by atoms with Crippen LogP contribution < -0.4 is 4.90 Å². The summed E-state index contributed by atoms with van der Waals surface area (Å²) in [6.07, 6.45) is 3.74. The minimum absolute atomic E-state index is 0.183. The molecule has 2 rings (SSSR count). The zero-order chi connectivity index (χ0) is 13.8. The summed E-state index contributed by atoms with van der Waals surface area (Å²) < 4.78 is 10.4. The summed E-state index contributed by atoms with van der Waals surface area (Å²) in [4.78, 5) is 17.8. The molecule has 0 atom stereocenters. The molecule has 1 aromatic rings. The highest BCUT2D eigenvalue weighted by Crippen LogP contribution is 2.27. The third-order valence-electron chi connectivity index (χ3n) is 3.72. The molecule has 0 amide bonds. The van der Waals surface area contributed by atoms with Crippen molar-refractivity contribution in [2.45, 2.75) is 33.6 Å². The first-order valence-corrected chi connectivity index (χ1v) is 6.99. The molecule has 1 aliphatic heterocycles. The van der Waals surface area contributed by atoms with Crippen LogP contribution in [0.25, 0.3) is 0 Å². The maximum Gasteiger partial charge on any atom is 0.376 e. The highest BCUT2D eigenvalue weighted by atomic mass is 16.5.